The lowest BCUT2D eigenvalue weighted by atomic mass is 10.1. The minimum atomic E-state index is -0.323. The van der Waals surface area contributed by atoms with E-state index in [1.807, 2.05) is 24.0 Å². The van der Waals surface area contributed by atoms with Crippen LogP contribution in [0, 0.1) is 5.82 Å². The minimum Gasteiger partial charge on any atom is -0.494 e. The molecule has 1 amide bonds. The van der Waals surface area contributed by atoms with Crippen LogP contribution in [0.4, 0.5) is 4.39 Å². The summed E-state index contributed by atoms with van der Waals surface area (Å²) in [5.41, 5.74) is 4.10. The standard InChI is InChI=1S/C26H29FN4O2/c1-2-33-20-12-10-19(11-13-20)18-29-14-16-30(17-15-29)26(32)25-21-6-5-9-23(21)31(28-25)24-8-4-3-7-22(24)27/h3-4,7-8,10-13H,2,5-6,9,14-18H2,1H3. The number of carbonyl (C=O) groups is 1. The molecule has 2 aromatic carbocycles. The zero-order valence-electron chi connectivity index (χ0n) is 19.0. The van der Waals surface area contributed by atoms with E-state index in [1.54, 1.807) is 22.9 Å². The van der Waals surface area contributed by atoms with Gasteiger partial charge in [-0.3, -0.25) is 9.69 Å². The summed E-state index contributed by atoms with van der Waals surface area (Å²) >= 11 is 0. The first kappa shape index (κ1) is 21.6. The highest BCUT2D eigenvalue weighted by Gasteiger charge is 2.31. The van der Waals surface area contributed by atoms with E-state index in [0.717, 1.165) is 55.9 Å². The topological polar surface area (TPSA) is 50.6 Å². The van der Waals surface area contributed by atoms with Gasteiger partial charge >= 0.3 is 0 Å². The van der Waals surface area contributed by atoms with E-state index in [2.05, 4.69) is 22.1 Å². The fourth-order valence-corrected chi connectivity index (χ4v) is 4.81. The summed E-state index contributed by atoms with van der Waals surface area (Å²) in [5, 5.41) is 4.61. The van der Waals surface area contributed by atoms with E-state index in [4.69, 9.17) is 4.74 Å². The van der Waals surface area contributed by atoms with Crippen molar-refractivity contribution in [1.82, 2.24) is 19.6 Å². The van der Waals surface area contributed by atoms with E-state index < -0.39 is 0 Å². The first-order valence-electron chi connectivity index (χ1n) is 11.7. The van der Waals surface area contributed by atoms with Gasteiger partial charge in [-0.15, -0.1) is 0 Å². The van der Waals surface area contributed by atoms with Crippen LogP contribution in [0.5, 0.6) is 5.75 Å². The second-order valence-corrected chi connectivity index (χ2v) is 8.64. The Bertz CT molecular complexity index is 1130. The van der Waals surface area contributed by atoms with Gasteiger partial charge in [0, 0.05) is 44.0 Å². The van der Waals surface area contributed by atoms with Crippen molar-refractivity contribution in [3.8, 4) is 11.4 Å². The van der Waals surface area contributed by atoms with E-state index in [-0.39, 0.29) is 11.7 Å². The first-order chi connectivity index (χ1) is 16.1. The van der Waals surface area contributed by atoms with Crippen molar-refractivity contribution in [2.45, 2.75) is 32.7 Å². The van der Waals surface area contributed by atoms with Crippen LogP contribution >= 0.6 is 0 Å². The van der Waals surface area contributed by atoms with E-state index in [1.165, 1.54) is 11.6 Å². The van der Waals surface area contributed by atoms with Gasteiger partial charge in [-0.25, -0.2) is 9.07 Å². The van der Waals surface area contributed by atoms with Gasteiger partial charge in [0.1, 0.15) is 17.3 Å². The van der Waals surface area contributed by atoms with Gasteiger partial charge in [-0.05, 0) is 56.0 Å². The van der Waals surface area contributed by atoms with E-state index in [0.29, 0.717) is 31.1 Å². The van der Waals surface area contributed by atoms with Gasteiger partial charge in [0.25, 0.3) is 5.91 Å². The van der Waals surface area contributed by atoms with Gasteiger partial charge in [-0.1, -0.05) is 24.3 Å². The molecule has 0 N–H and O–H groups in total. The number of rotatable bonds is 6. The summed E-state index contributed by atoms with van der Waals surface area (Å²) in [6.45, 7) is 6.45. The minimum absolute atomic E-state index is 0.0380. The predicted octanol–water partition coefficient (Wildman–Crippen LogP) is 3.86. The Kier molecular flexibility index (Phi) is 6.13. The average molecular weight is 449 g/mol. The molecule has 1 aromatic heterocycles. The highest BCUT2D eigenvalue weighted by Crippen LogP contribution is 2.29. The molecule has 0 bridgehead atoms. The van der Waals surface area contributed by atoms with Crippen molar-refractivity contribution in [3.63, 3.8) is 0 Å². The van der Waals surface area contributed by atoms with Crippen LogP contribution in [-0.2, 0) is 19.4 Å². The van der Waals surface area contributed by atoms with Crippen molar-refractivity contribution < 1.29 is 13.9 Å². The molecule has 0 radical (unpaired) electrons. The molecule has 5 rings (SSSR count). The van der Waals surface area contributed by atoms with E-state index in [9.17, 15) is 9.18 Å². The second kappa shape index (κ2) is 9.35. The molecule has 0 atom stereocenters. The Morgan fingerprint density at radius 3 is 2.52 bits per heavy atom. The number of aromatic nitrogens is 2. The molecule has 6 nitrogen and oxygen atoms in total. The molecule has 172 valence electrons. The van der Waals surface area contributed by atoms with Crippen LogP contribution in [0.1, 0.15) is 40.7 Å². The lowest BCUT2D eigenvalue weighted by molar-refractivity contribution is 0.0621. The van der Waals surface area contributed by atoms with E-state index >= 15 is 0 Å². The van der Waals surface area contributed by atoms with Gasteiger partial charge in [0.2, 0.25) is 0 Å². The summed E-state index contributed by atoms with van der Waals surface area (Å²) < 4.78 is 21.6. The maximum atomic E-state index is 14.4. The maximum Gasteiger partial charge on any atom is 0.274 e. The molecule has 0 spiro atoms. The number of carbonyl (C=O) groups excluding carboxylic acids is 1. The van der Waals surface area contributed by atoms with Gasteiger partial charge in [0.15, 0.2) is 5.69 Å². The monoisotopic (exact) mass is 448 g/mol. The number of piperazine rings is 1. The van der Waals surface area contributed by atoms with Gasteiger partial charge in [-0.2, -0.15) is 5.10 Å². The Morgan fingerprint density at radius 1 is 1.03 bits per heavy atom. The Morgan fingerprint density at radius 2 is 1.79 bits per heavy atom. The largest absolute Gasteiger partial charge is 0.494 e. The average Bonchev–Trinajstić information content (AvgIpc) is 3.44. The Hall–Kier alpha value is -3.19. The summed E-state index contributed by atoms with van der Waals surface area (Å²) in [6, 6.07) is 14.8. The first-order valence-corrected chi connectivity index (χ1v) is 11.7. The SMILES string of the molecule is CCOc1ccc(CN2CCN(C(=O)c3nn(-c4ccccc4F)c4c3CCC4)CC2)cc1. The number of fused-ring (bicyclic) bond motifs is 1. The Labute approximate surface area is 193 Å². The zero-order valence-corrected chi connectivity index (χ0v) is 19.0. The number of hydrogen-bond acceptors (Lipinski definition) is 4. The van der Waals surface area contributed by atoms with Crippen LogP contribution in [0.3, 0.4) is 0 Å². The van der Waals surface area contributed by atoms with Crippen LogP contribution in [-0.4, -0.2) is 58.3 Å². The van der Waals surface area contributed by atoms with Crippen molar-refractivity contribution in [2.75, 3.05) is 32.8 Å². The summed E-state index contributed by atoms with van der Waals surface area (Å²) in [5.74, 6) is 0.527. The number of amides is 1. The summed E-state index contributed by atoms with van der Waals surface area (Å²) in [4.78, 5) is 17.6. The molecular weight excluding hydrogens is 419 g/mol. The van der Waals surface area contributed by atoms with Crippen molar-refractivity contribution in [2.24, 2.45) is 0 Å². The lowest BCUT2D eigenvalue weighted by Crippen LogP contribution is -2.48. The van der Waals surface area contributed by atoms with Crippen molar-refractivity contribution in [3.05, 3.63) is 76.9 Å². The molecule has 1 saturated heterocycles. The van der Waals surface area contributed by atoms with Gasteiger partial charge < -0.3 is 9.64 Å². The third-order valence-electron chi connectivity index (χ3n) is 6.51. The molecule has 2 heterocycles. The summed E-state index contributed by atoms with van der Waals surface area (Å²) in [7, 11) is 0. The van der Waals surface area contributed by atoms with Crippen LogP contribution in [0.15, 0.2) is 48.5 Å². The molecule has 3 aromatic rings. The highest BCUT2D eigenvalue weighted by molar-refractivity contribution is 5.94. The molecule has 33 heavy (non-hydrogen) atoms. The third-order valence-corrected chi connectivity index (χ3v) is 6.51. The zero-order chi connectivity index (χ0) is 22.8. The molecule has 1 aliphatic heterocycles. The number of benzene rings is 2. The molecule has 1 aliphatic carbocycles. The van der Waals surface area contributed by atoms with Crippen LogP contribution in [0.25, 0.3) is 5.69 Å². The normalized spacial score (nSPS) is 16.1. The fraction of sp³-hybridized carbons (Fsp3) is 0.385. The van der Waals surface area contributed by atoms with Crippen LogP contribution < -0.4 is 4.74 Å². The maximum absolute atomic E-state index is 14.4. The molecule has 2 aliphatic rings. The molecule has 0 unspecified atom stereocenters. The second-order valence-electron chi connectivity index (χ2n) is 8.64. The number of hydrogen-bond donors (Lipinski definition) is 0. The van der Waals surface area contributed by atoms with Crippen molar-refractivity contribution >= 4 is 5.91 Å². The van der Waals surface area contributed by atoms with Crippen molar-refractivity contribution in [1.29, 1.82) is 0 Å². The molecule has 1 fully saturated rings. The third kappa shape index (κ3) is 4.37. The van der Waals surface area contributed by atoms with Crippen LogP contribution in [0.2, 0.25) is 0 Å². The number of nitrogens with zero attached hydrogens (tertiary/aromatic N) is 4. The molecule has 0 saturated carbocycles. The van der Waals surface area contributed by atoms with Gasteiger partial charge in [0.05, 0.1) is 6.61 Å². The predicted molar refractivity (Wildman–Crippen MR) is 124 cm³/mol. The quantitative estimate of drug-likeness (QED) is 0.575. The Balaban J connectivity index is 1.26. The number of ether oxygens (including phenoxy) is 1. The fourth-order valence-electron chi connectivity index (χ4n) is 4.81. The molecular formula is C26H29FN4O2. The lowest BCUT2D eigenvalue weighted by Gasteiger charge is -2.34. The molecule has 7 heteroatoms. The summed E-state index contributed by atoms with van der Waals surface area (Å²) in [6.07, 6.45) is 2.61. The highest BCUT2D eigenvalue weighted by atomic mass is 19.1. The number of halogens is 1. The smallest absolute Gasteiger partial charge is 0.274 e. The number of para-hydroxylation sites is 1.